The van der Waals surface area contributed by atoms with Gasteiger partial charge in [-0.1, -0.05) is 11.6 Å². The molecule has 1 atom stereocenters. The molecule has 0 unspecified atom stereocenters. The molecule has 4 nitrogen and oxygen atoms in total. The second kappa shape index (κ2) is 5.47. The molecule has 1 fully saturated rings. The molecule has 0 spiro atoms. The van der Waals surface area contributed by atoms with Gasteiger partial charge in [0.1, 0.15) is 11.7 Å². The van der Waals surface area contributed by atoms with Crippen molar-refractivity contribution in [2.75, 3.05) is 19.7 Å². The van der Waals surface area contributed by atoms with E-state index < -0.39 is 5.60 Å². The lowest BCUT2D eigenvalue weighted by Gasteiger charge is -2.20. The number of aliphatic hydroxyl groups excluding tert-OH is 1. The molecule has 0 bridgehead atoms. The van der Waals surface area contributed by atoms with E-state index in [2.05, 4.69) is 6.07 Å². The number of β-amino-alcohol motifs (C(OH)–C–C–N with tert-alkyl or cyclic N) is 1. The van der Waals surface area contributed by atoms with Crippen molar-refractivity contribution >= 4 is 23.5 Å². The van der Waals surface area contributed by atoms with Crippen molar-refractivity contribution in [1.82, 2.24) is 4.31 Å². The fourth-order valence-electron chi connectivity index (χ4n) is 1.83. The van der Waals surface area contributed by atoms with E-state index in [1.54, 1.807) is 18.2 Å². The van der Waals surface area contributed by atoms with Gasteiger partial charge in [-0.05, 0) is 36.6 Å². The van der Waals surface area contributed by atoms with Crippen molar-refractivity contribution in [3.63, 3.8) is 0 Å². The highest BCUT2D eigenvalue weighted by atomic mass is 35.5. The minimum absolute atomic E-state index is 0.240. The molecule has 1 aliphatic heterocycles. The predicted octanol–water partition coefficient (Wildman–Crippen LogP) is 1.65. The quantitative estimate of drug-likeness (QED) is 0.826. The molecule has 0 amide bonds. The highest BCUT2D eigenvalue weighted by Crippen LogP contribution is 2.33. The Morgan fingerprint density at radius 1 is 1.56 bits per heavy atom. The monoisotopic (exact) mass is 284 g/mol. The summed E-state index contributed by atoms with van der Waals surface area (Å²) in [5.41, 5.74) is -0.501. The number of hydrogen-bond donors (Lipinski definition) is 2. The van der Waals surface area contributed by atoms with E-state index in [0.29, 0.717) is 30.1 Å². The molecule has 1 heterocycles. The van der Waals surface area contributed by atoms with Crippen LogP contribution in [0.3, 0.4) is 0 Å². The summed E-state index contributed by atoms with van der Waals surface area (Å²) in [5.74, 6) is 0. The standard InChI is InChI=1S/C12H13ClN2O2S/c13-10-1-2-11(9(5-10)6-14)18-15-4-3-12(17,7-15)8-16/h1-2,5,16-17H,3-4,7-8H2/t12-/m0/s1. The van der Waals surface area contributed by atoms with Gasteiger partial charge in [0.15, 0.2) is 0 Å². The molecule has 1 aliphatic rings. The summed E-state index contributed by atoms with van der Waals surface area (Å²) in [6, 6.07) is 7.25. The number of aliphatic hydroxyl groups is 2. The van der Waals surface area contributed by atoms with Crippen LogP contribution in [0.15, 0.2) is 23.1 Å². The molecule has 1 aromatic carbocycles. The molecule has 0 aromatic heterocycles. The first-order chi connectivity index (χ1) is 8.56. The average molecular weight is 285 g/mol. The molecule has 96 valence electrons. The molecule has 0 radical (unpaired) electrons. The van der Waals surface area contributed by atoms with Gasteiger partial charge >= 0.3 is 0 Å². The molecule has 18 heavy (non-hydrogen) atoms. The highest BCUT2D eigenvalue weighted by molar-refractivity contribution is 7.97. The van der Waals surface area contributed by atoms with Crippen LogP contribution in [-0.2, 0) is 0 Å². The summed E-state index contributed by atoms with van der Waals surface area (Å²) < 4.78 is 1.94. The first-order valence-electron chi connectivity index (χ1n) is 5.52. The van der Waals surface area contributed by atoms with Gasteiger partial charge in [-0.2, -0.15) is 5.26 Å². The number of benzene rings is 1. The second-order valence-corrected chi connectivity index (χ2v) is 5.91. The van der Waals surface area contributed by atoms with Crippen molar-refractivity contribution in [2.24, 2.45) is 0 Å². The summed E-state index contributed by atoms with van der Waals surface area (Å²) in [7, 11) is 0. The van der Waals surface area contributed by atoms with Crippen LogP contribution in [0.25, 0.3) is 0 Å². The molecule has 1 saturated heterocycles. The van der Waals surface area contributed by atoms with Crippen molar-refractivity contribution in [2.45, 2.75) is 16.9 Å². The van der Waals surface area contributed by atoms with Crippen LogP contribution in [0.4, 0.5) is 0 Å². The lowest BCUT2D eigenvalue weighted by Crippen LogP contribution is -2.35. The van der Waals surface area contributed by atoms with Crippen molar-refractivity contribution in [1.29, 1.82) is 5.26 Å². The Bertz CT molecular complexity index is 491. The maximum absolute atomic E-state index is 9.93. The van der Waals surface area contributed by atoms with Crippen LogP contribution in [0.5, 0.6) is 0 Å². The SMILES string of the molecule is N#Cc1cc(Cl)ccc1SN1CC[C@@](O)(CO)C1. The number of nitrogens with zero attached hydrogens (tertiary/aromatic N) is 2. The van der Waals surface area contributed by atoms with Crippen LogP contribution in [0, 0.1) is 11.3 Å². The topological polar surface area (TPSA) is 67.5 Å². The van der Waals surface area contributed by atoms with Crippen LogP contribution < -0.4 is 0 Å². The van der Waals surface area contributed by atoms with Gasteiger partial charge < -0.3 is 10.2 Å². The first-order valence-corrected chi connectivity index (χ1v) is 6.67. The summed E-state index contributed by atoms with van der Waals surface area (Å²) >= 11 is 7.24. The van der Waals surface area contributed by atoms with Gasteiger partial charge in [-0.25, -0.2) is 4.31 Å². The fourth-order valence-corrected chi connectivity index (χ4v) is 3.10. The molecule has 0 saturated carbocycles. The van der Waals surface area contributed by atoms with E-state index in [0.717, 1.165) is 4.90 Å². The third-order valence-electron chi connectivity index (χ3n) is 2.88. The highest BCUT2D eigenvalue weighted by Gasteiger charge is 2.36. The van der Waals surface area contributed by atoms with E-state index in [-0.39, 0.29) is 6.61 Å². The molecule has 1 aromatic rings. The van der Waals surface area contributed by atoms with Crippen molar-refractivity contribution in [3.8, 4) is 6.07 Å². The van der Waals surface area contributed by atoms with Crippen LogP contribution >= 0.6 is 23.5 Å². The Balaban J connectivity index is 2.10. The van der Waals surface area contributed by atoms with Gasteiger partial charge in [-0.15, -0.1) is 0 Å². The molecule has 2 rings (SSSR count). The zero-order chi connectivity index (χ0) is 13.2. The maximum atomic E-state index is 9.93. The number of halogens is 1. The molecular formula is C12H13ClN2O2S. The Hall–Kier alpha value is -0.770. The Labute approximate surface area is 115 Å². The summed E-state index contributed by atoms with van der Waals surface area (Å²) in [6.45, 7) is 0.826. The predicted molar refractivity (Wildman–Crippen MR) is 70.2 cm³/mol. The fraction of sp³-hybridized carbons (Fsp3) is 0.417. The normalized spacial score (nSPS) is 24.1. The van der Waals surface area contributed by atoms with E-state index in [1.807, 2.05) is 4.31 Å². The number of rotatable bonds is 3. The summed E-state index contributed by atoms with van der Waals surface area (Å²) in [4.78, 5) is 0.809. The zero-order valence-electron chi connectivity index (χ0n) is 9.64. The third kappa shape index (κ3) is 2.97. The number of nitriles is 1. The largest absolute Gasteiger partial charge is 0.393 e. The second-order valence-electron chi connectivity index (χ2n) is 4.34. The van der Waals surface area contributed by atoms with Crippen LogP contribution in [0.1, 0.15) is 12.0 Å². The smallest absolute Gasteiger partial charge is 0.102 e. The third-order valence-corrected chi connectivity index (χ3v) is 4.24. The van der Waals surface area contributed by atoms with Gasteiger partial charge in [0.2, 0.25) is 0 Å². The number of hydrogen-bond acceptors (Lipinski definition) is 5. The van der Waals surface area contributed by atoms with Crippen molar-refractivity contribution < 1.29 is 10.2 Å². The van der Waals surface area contributed by atoms with E-state index in [9.17, 15) is 5.11 Å². The van der Waals surface area contributed by atoms with Gasteiger partial charge in [0, 0.05) is 23.0 Å². The Morgan fingerprint density at radius 3 is 2.94 bits per heavy atom. The molecule has 2 N–H and O–H groups in total. The molecule has 6 heteroatoms. The minimum atomic E-state index is -1.02. The minimum Gasteiger partial charge on any atom is -0.393 e. The van der Waals surface area contributed by atoms with Gasteiger partial charge in [0.05, 0.1) is 12.2 Å². The van der Waals surface area contributed by atoms with Crippen LogP contribution in [0.2, 0.25) is 5.02 Å². The maximum Gasteiger partial charge on any atom is 0.102 e. The van der Waals surface area contributed by atoms with Crippen LogP contribution in [-0.4, -0.2) is 39.8 Å². The van der Waals surface area contributed by atoms with E-state index in [1.165, 1.54) is 11.9 Å². The van der Waals surface area contributed by atoms with E-state index >= 15 is 0 Å². The van der Waals surface area contributed by atoms with E-state index in [4.69, 9.17) is 22.0 Å². The molecular weight excluding hydrogens is 272 g/mol. The Kier molecular flexibility index (Phi) is 4.15. The first kappa shape index (κ1) is 13.7. The summed E-state index contributed by atoms with van der Waals surface area (Å²) in [6.07, 6.45) is 0.534. The average Bonchev–Trinajstić information content (AvgIpc) is 2.74. The lowest BCUT2D eigenvalue weighted by molar-refractivity contribution is -0.000268. The van der Waals surface area contributed by atoms with Gasteiger partial charge in [0.25, 0.3) is 0 Å². The lowest BCUT2D eigenvalue weighted by atomic mass is 10.1. The molecule has 0 aliphatic carbocycles. The summed E-state index contributed by atoms with van der Waals surface area (Å²) in [5, 5.41) is 28.6. The van der Waals surface area contributed by atoms with Gasteiger partial charge in [-0.3, -0.25) is 0 Å². The Morgan fingerprint density at radius 2 is 2.33 bits per heavy atom. The zero-order valence-corrected chi connectivity index (χ0v) is 11.2. The van der Waals surface area contributed by atoms with Crippen molar-refractivity contribution in [3.05, 3.63) is 28.8 Å².